The van der Waals surface area contributed by atoms with E-state index in [9.17, 15) is 0 Å². The number of hydrogen-bond donors (Lipinski definition) is 3. The summed E-state index contributed by atoms with van der Waals surface area (Å²) in [5.41, 5.74) is 9.44. The predicted molar refractivity (Wildman–Crippen MR) is 146 cm³/mol. The average Bonchev–Trinajstić information content (AvgIpc) is 3.55. The Morgan fingerprint density at radius 3 is 2.72 bits per heavy atom. The van der Waals surface area contributed by atoms with E-state index in [4.69, 9.17) is 15.5 Å². The number of hydrogen-bond acceptors (Lipinski definition) is 9. The molecule has 2 saturated heterocycles. The molecule has 0 aliphatic carbocycles. The summed E-state index contributed by atoms with van der Waals surface area (Å²) in [5.74, 6) is 1.09. The molecule has 6 rings (SSSR count). The van der Waals surface area contributed by atoms with E-state index in [1.807, 2.05) is 17.5 Å². The maximum Gasteiger partial charge on any atom is 0.147 e. The molecule has 1 atom stereocenters. The zero-order valence-corrected chi connectivity index (χ0v) is 22.0. The Morgan fingerprint density at radius 1 is 1.14 bits per heavy atom. The molecule has 3 aliphatic rings. The minimum atomic E-state index is -0.152. The van der Waals surface area contributed by atoms with E-state index in [1.165, 1.54) is 15.4 Å². The van der Waals surface area contributed by atoms with Crippen LogP contribution in [0.25, 0.3) is 10.9 Å². The third-order valence-electron chi connectivity index (χ3n) is 7.76. The van der Waals surface area contributed by atoms with Gasteiger partial charge < -0.3 is 20.7 Å². The summed E-state index contributed by atoms with van der Waals surface area (Å²) in [7, 11) is 0. The Balaban J connectivity index is 1.25. The molecule has 0 radical (unpaired) electrons. The molecule has 9 nitrogen and oxygen atoms in total. The third kappa shape index (κ3) is 4.52. The van der Waals surface area contributed by atoms with Crippen LogP contribution in [0.1, 0.15) is 35.3 Å². The van der Waals surface area contributed by atoms with Crippen LogP contribution in [0, 0.1) is 0 Å². The summed E-state index contributed by atoms with van der Waals surface area (Å²) in [6, 6.07) is 8.62. The van der Waals surface area contributed by atoms with E-state index in [2.05, 4.69) is 68.3 Å². The fourth-order valence-corrected chi connectivity index (χ4v) is 6.58. The van der Waals surface area contributed by atoms with Gasteiger partial charge in [0.15, 0.2) is 0 Å². The van der Waals surface area contributed by atoms with Crippen LogP contribution >= 0.6 is 11.3 Å². The topological polar surface area (TPSA) is 98.0 Å². The SMILES string of the molecule is CC(C)(CN)N1CCN(Cc2cc3c(s2)C(N2CCOCC2)=NC(c2cccc4[nH]ncc24)N3)CC1. The summed E-state index contributed by atoms with van der Waals surface area (Å²) >= 11 is 1.87. The van der Waals surface area contributed by atoms with Crippen LogP contribution in [-0.4, -0.2) is 95.3 Å². The number of nitrogens with one attached hydrogen (secondary N) is 2. The van der Waals surface area contributed by atoms with Crippen molar-refractivity contribution in [2.45, 2.75) is 32.1 Å². The van der Waals surface area contributed by atoms with Crippen LogP contribution in [0.3, 0.4) is 0 Å². The number of anilines is 1. The van der Waals surface area contributed by atoms with E-state index in [0.29, 0.717) is 6.54 Å². The average molecular weight is 509 g/mol. The van der Waals surface area contributed by atoms with Crippen molar-refractivity contribution < 1.29 is 4.74 Å². The molecule has 2 aromatic heterocycles. The number of nitrogens with zero attached hydrogens (tertiary/aromatic N) is 5. The zero-order chi connectivity index (χ0) is 24.7. The van der Waals surface area contributed by atoms with E-state index in [-0.39, 0.29) is 11.7 Å². The van der Waals surface area contributed by atoms with Crippen molar-refractivity contribution in [1.29, 1.82) is 0 Å². The molecule has 5 heterocycles. The molecule has 3 aliphatic heterocycles. The fraction of sp³-hybridized carbons (Fsp3) is 0.538. The molecule has 4 N–H and O–H groups in total. The highest BCUT2D eigenvalue weighted by atomic mass is 32.1. The lowest BCUT2D eigenvalue weighted by atomic mass is 10.0. The number of amidine groups is 1. The second kappa shape index (κ2) is 9.75. The number of aromatic amines is 1. The number of aliphatic imine (C=N–C) groups is 1. The quantitative estimate of drug-likeness (QED) is 0.487. The van der Waals surface area contributed by atoms with Gasteiger partial charge in [0.25, 0.3) is 0 Å². The Kier molecular flexibility index (Phi) is 6.47. The lowest BCUT2D eigenvalue weighted by Crippen LogP contribution is -2.57. The van der Waals surface area contributed by atoms with Crippen molar-refractivity contribution in [2.24, 2.45) is 10.7 Å². The largest absolute Gasteiger partial charge is 0.378 e. The highest BCUT2D eigenvalue weighted by Crippen LogP contribution is 2.39. The molecule has 3 aromatic rings. The number of nitrogens with two attached hydrogens (primary N) is 1. The second-order valence-electron chi connectivity index (χ2n) is 10.5. The maximum absolute atomic E-state index is 6.01. The van der Waals surface area contributed by atoms with E-state index >= 15 is 0 Å². The summed E-state index contributed by atoms with van der Waals surface area (Å²) < 4.78 is 5.64. The van der Waals surface area contributed by atoms with Gasteiger partial charge in [-0.05, 0) is 26.0 Å². The molecule has 0 amide bonds. The first kappa shape index (κ1) is 23.9. The van der Waals surface area contributed by atoms with E-state index in [0.717, 1.165) is 81.3 Å². The van der Waals surface area contributed by atoms with Gasteiger partial charge >= 0.3 is 0 Å². The van der Waals surface area contributed by atoms with Crippen LogP contribution in [0.15, 0.2) is 35.5 Å². The lowest BCUT2D eigenvalue weighted by Gasteiger charge is -2.43. The normalized spacial score (nSPS) is 21.9. The number of ether oxygens (including phenoxy) is 1. The minimum Gasteiger partial charge on any atom is -0.378 e. The van der Waals surface area contributed by atoms with Crippen molar-refractivity contribution >= 4 is 33.8 Å². The predicted octanol–water partition coefficient (Wildman–Crippen LogP) is 2.68. The molecule has 1 aromatic carbocycles. The zero-order valence-electron chi connectivity index (χ0n) is 21.2. The van der Waals surface area contributed by atoms with Gasteiger partial charge in [-0.1, -0.05) is 12.1 Å². The van der Waals surface area contributed by atoms with E-state index in [1.54, 1.807) is 0 Å². The van der Waals surface area contributed by atoms with Crippen LogP contribution in [0.2, 0.25) is 0 Å². The third-order valence-corrected chi connectivity index (χ3v) is 8.88. The summed E-state index contributed by atoms with van der Waals surface area (Å²) in [6.07, 6.45) is 1.75. The van der Waals surface area contributed by atoms with Crippen molar-refractivity contribution in [3.05, 3.63) is 45.8 Å². The molecule has 0 spiro atoms. The van der Waals surface area contributed by atoms with Gasteiger partial charge in [-0.15, -0.1) is 11.3 Å². The van der Waals surface area contributed by atoms with Crippen LogP contribution in [-0.2, 0) is 11.3 Å². The standard InChI is InChI=1S/C26H36N8OS/c1-26(2,17-27)34-8-6-32(7-9-34)16-18-14-22-23(36-18)25(33-10-12-35-13-11-33)30-24(29-22)19-4-3-5-21-20(19)15-28-31-21/h3-5,14-15,24,29H,6-13,16-17,27H2,1-2H3,(H,28,31). The first-order chi connectivity index (χ1) is 17.5. The van der Waals surface area contributed by atoms with Crippen molar-refractivity contribution in [3.8, 4) is 0 Å². The van der Waals surface area contributed by atoms with Crippen LogP contribution in [0.4, 0.5) is 5.69 Å². The monoisotopic (exact) mass is 508 g/mol. The molecule has 1 unspecified atom stereocenters. The van der Waals surface area contributed by atoms with Gasteiger partial charge in [-0.25, -0.2) is 4.99 Å². The highest BCUT2D eigenvalue weighted by Gasteiger charge is 2.31. The Hall–Kier alpha value is -2.50. The number of aromatic nitrogens is 2. The summed E-state index contributed by atoms with van der Waals surface area (Å²) in [5, 5.41) is 12.2. The molecule has 192 valence electrons. The minimum absolute atomic E-state index is 0.0639. The Morgan fingerprint density at radius 2 is 1.94 bits per heavy atom. The molecular weight excluding hydrogens is 472 g/mol. The van der Waals surface area contributed by atoms with Gasteiger partial charge in [0.05, 0.1) is 35.5 Å². The number of benzene rings is 1. The number of H-pyrrole nitrogens is 1. The van der Waals surface area contributed by atoms with Crippen molar-refractivity contribution in [1.82, 2.24) is 24.9 Å². The number of rotatable bonds is 5. The van der Waals surface area contributed by atoms with Gasteiger partial charge in [0.1, 0.15) is 12.0 Å². The number of morpholine rings is 1. The van der Waals surface area contributed by atoms with Crippen LogP contribution in [0.5, 0.6) is 0 Å². The first-order valence-corrected chi connectivity index (χ1v) is 13.7. The van der Waals surface area contributed by atoms with Crippen molar-refractivity contribution in [3.63, 3.8) is 0 Å². The molecule has 10 heteroatoms. The number of thiophene rings is 1. The van der Waals surface area contributed by atoms with E-state index < -0.39 is 0 Å². The molecule has 36 heavy (non-hydrogen) atoms. The lowest BCUT2D eigenvalue weighted by molar-refractivity contribution is 0.0542. The summed E-state index contributed by atoms with van der Waals surface area (Å²) in [4.78, 5) is 15.4. The van der Waals surface area contributed by atoms with Gasteiger partial charge in [0, 0.05) is 73.7 Å². The summed E-state index contributed by atoms with van der Waals surface area (Å²) in [6.45, 7) is 13.6. The molecule has 0 bridgehead atoms. The van der Waals surface area contributed by atoms with Gasteiger partial charge in [-0.2, -0.15) is 5.10 Å². The first-order valence-electron chi connectivity index (χ1n) is 12.9. The molecule has 2 fully saturated rings. The Labute approximate surface area is 216 Å². The number of fused-ring (bicyclic) bond motifs is 2. The second-order valence-corrected chi connectivity index (χ2v) is 11.6. The maximum atomic E-state index is 6.01. The fourth-order valence-electron chi connectivity index (χ4n) is 5.39. The van der Waals surface area contributed by atoms with Crippen LogP contribution < -0.4 is 11.1 Å². The number of piperazine rings is 1. The van der Waals surface area contributed by atoms with Gasteiger partial charge in [0.2, 0.25) is 0 Å². The molecule has 0 saturated carbocycles. The Bertz CT molecular complexity index is 1240. The smallest absolute Gasteiger partial charge is 0.147 e. The molecular formula is C26H36N8OS. The highest BCUT2D eigenvalue weighted by molar-refractivity contribution is 7.14. The van der Waals surface area contributed by atoms with Crippen molar-refractivity contribution in [2.75, 3.05) is 64.3 Å². The van der Waals surface area contributed by atoms with Gasteiger partial charge in [-0.3, -0.25) is 14.9 Å².